The molecule has 1 aliphatic heterocycles. The van der Waals surface area contributed by atoms with Gasteiger partial charge in [0.15, 0.2) is 0 Å². The van der Waals surface area contributed by atoms with E-state index in [0.717, 1.165) is 10.7 Å². The molecule has 0 saturated carbocycles. The molecule has 0 N–H and O–H groups in total. The molecule has 2 amide bonds. The number of Topliss-reactive ketones (excluding diaryl/α,β-unsaturated/α-hetero) is 1. The third kappa shape index (κ3) is 2.23. The van der Waals surface area contributed by atoms with Crippen molar-refractivity contribution in [2.24, 2.45) is 0 Å². The van der Waals surface area contributed by atoms with Crippen molar-refractivity contribution in [2.45, 2.75) is 13.8 Å². The van der Waals surface area contributed by atoms with Crippen LogP contribution in [0.4, 0.5) is 0 Å². The molecular formula is C9H11NO3S. The zero-order valence-electron chi connectivity index (χ0n) is 8.07. The molecule has 0 unspecified atom stereocenters. The molecule has 76 valence electrons. The molecule has 0 spiro atoms. The molecule has 1 rings (SSSR count). The van der Waals surface area contributed by atoms with Gasteiger partial charge >= 0.3 is 0 Å². The van der Waals surface area contributed by atoms with E-state index in [2.05, 4.69) is 0 Å². The van der Waals surface area contributed by atoms with Gasteiger partial charge in [-0.05, 0) is 12.7 Å². The topological polar surface area (TPSA) is 54.5 Å². The summed E-state index contributed by atoms with van der Waals surface area (Å²) in [6.07, 6.45) is 1.29. The summed E-state index contributed by atoms with van der Waals surface area (Å²) >= 11 is 1.32. The zero-order chi connectivity index (χ0) is 10.7. The van der Waals surface area contributed by atoms with E-state index < -0.39 is 0 Å². The first-order valence-corrected chi connectivity index (χ1v) is 5.24. The van der Waals surface area contributed by atoms with Crippen molar-refractivity contribution in [3.63, 3.8) is 0 Å². The van der Waals surface area contributed by atoms with E-state index in [-0.39, 0.29) is 24.1 Å². The number of hydrogen-bond acceptors (Lipinski definition) is 4. The Morgan fingerprint density at radius 1 is 1.50 bits per heavy atom. The van der Waals surface area contributed by atoms with Crippen molar-refractivity contribution in [1.29, 1.82) is 0 Å². The first-order chi connectivity index (χ1) is 6.56. The van der Waals surface area contributed by atoms with Gasteiger partial charge in [-0.3, -0.25) is 19.3 Å². The van der Waals surface area contributed by atoms with Crippen molar-refractivity contribution in [1.82, 2.24) is 4.90 Å². The normalized spacial score (nSPS) is 16.1. The van der Waals surface area contributed by atoms with Crippen LogP contribution in [0.3, 0.4) is 0 Å². The van der Waals surface area contributed by atoms with Crippen molar-refractivity contribution in [3.8, 4) is 0 Å². The summed E-state index contributed by atoms with van der Waals surface area (Å²) in [5.74, 6) is -0.195. The minimum Gasteiger partial charge on any atom is -0.298 e. The molecule has 0 aromatic carbocycles. The predicted octanol–water partition coefficient (Wildman–Crippen LogP) is 0.581. The molecule has 0 radical (unpaired) electrons. The van der Waals surface area contributed by atoms with Crippen LogP contribution in [0.1, 0.15) is 13.8 Å². The highest BCUT2D eigenvalue weighted by atomic mass is 32.2. The quantitative estimate of drug-likeness (QED) is 0.641. The maximum Gasteiger partial charge on any atom is 0.267 e. The monoisotopic (exact) mass is 213 g/mol. The number of ketones is 1. The largest absolute Gasteiger partial charge is 0.298 e. The molecule has 0 saturated heterocycles. The van der Waals surface area contributed by atoms with Crippen molar-refractivity contribution >= 4 is 29.4 Å². The molecule has 0 atom stereocenters. The van der Waals surface area contributed by atoms with Gasteiger partial charge in [-0.15, -0.1) is 11.8 Å². The number of imide groups is 1. The molecule has 0 fully saturated rings. The number of carbonyl (C=O) groups excluding carboxylic acids is 3. The smallest absolute Gasteiger partial charge is 0.267 e. The van der Waals surface area contributed by atoms with Gasteiger partial charge in [-0.1, -0.05) is 6.92 Å². The fraction of sp³-hybridized carbons (Fsp3) is 0.444. The fourth-order valence-electron chi connectivity index (χ4n) is 1.12. The van der Waals surface area contributed by atoms with Crippen molar-refractivity contribution in [3.05, 3.63) is 11.0 Å². The van der Waals surface area contributed by atoms with Crippen LogP contribution >= 0.6 is 11.8 Å². The number of carbonyl (C=O) groups is 3. The van der Waals surface area contributed by atoms with Crippen LogP contribution in [0.25, 0.3) is 0 Å². The Morgan fingerprint density at radius 2 is 2.14 bits per heavy atom. The second-order valence-corrected chi connectivity index (χ2v) is 4.18. The molecule has 4 nitrogen and oxygen atoms in total. The molecule has 0 bridgehead atoms. The highest BCUT2D eigenvalue weighted by Crippen LogP contribution is 2.23. The van der Waals surface area contributed by atoms with Gasteiger partial charge in [0.05, 0.1) is 11.4 Å². The molecule has 0 aromatic heterocycles. The molecule has 14 heavy (non-hydrogen) atoms. The van der Waals surface area contributed by atoms with E-state index in [0.29, 0.717) is 4.91 Å². The van der Waals surface area contributed by atoms with Crippen molar-refractivity contribution < 1.29 is 14.4 Å². The second kappa shape index (κ2) is 4.41. The summed E-state index contributed by atoms with van der Waals surface area (Å²) in [5, 5.41) is 0. The Balaban J connectivity index is 2.73. The Morgan fingerprint density at radius 3 is 2.64 bits per heavy atom. The Bertz CT molecular complexity index is 322. The van der Waals surface area contributed by atoms with Gasteiger partial charge < -0.3 is 0 Å². The number of thioether (sulfide) groups is 1. The minimum atomic E-state index is -0.388. The van der Waals surface area contributed by atoms with E-state index in [9.17, 15) is 14.4 Å². The van der Waals surface area contributed by atoms with E-state index in [4.69, 9.17) is 0 Å². The summed E-state index contributed by atoms with van der Waals surface area (Å²) in [4.78, 5) is 35.0. The van der Waals surface area contributed by atoms with E-state index in [1.807, 2.05) is 6.92 Å². The molecule has 0 aliphatic carbocycles. The highest BCUT2D eigenvalue weighted by molar-refractivity contribution is 8.04. The zero-order valence-corrected chi connectivity index (χ0v) is 8.89. The lowest BCUT2D eigenvalue weighted by Crippen LogP contribution is -2.34. The van der Waals surface area contributed by atoms with Gasteiger partial charge in [0.25, 0.3) is 11.8 Å². The van der Waals surface area contributed by atoms with E-state index in [1.54, 1.807) is 0 Å². The first kappa shape index (κ1) is 11.0. The maximum atomic E-state index is 11.5. The molecule has 1 heterocycles. The summed E-state index contributed by atoms with van der Waals surface area (Å²) < 4.78 is 0. The predicted molar refractivity (Wildman–Crippen MR) is 53.6 cm³/mol. The van der Waals surface area contributed by atoms with Gasteiger partial charge in [-0.25, -0.2) is 0 Å². The first-order valence-electron chi connectivity index (χ1n) is 4.26. The van der Waals surface area contributed by atoms with Crippen LogP contribution in [0, 0.1) is 0 Å². The fourth-order valence-corrected chi connectivity index (χ4v) is 1.85. The lowest BCUT2D eigenvalue weighted by molar-refractivity contribution is -0.140. The number of nitrogens with zero attached hydrogens (tertiary/aromatic N) is 1. The highest BCUT2D eigenvalue weighted by Gasteiger charge is 2.31. The SMILES string of the molecule is CCSC1=CC(=O)N(CC(C)=O)C1=O. The standard InChI is InChI=1S/C9H11NO3S/c1-3-14-7-4-8(12)10(9(7)13)5-6(2)11/h4H,3,5H2,1-2H3. The van der Waals surface area contributed by atoms with Crippen LogP contribution in [-0.4, -0.2) is 34.8 Å². The van der Waals surface area contributed by atoms with Gasteiger partial charge in [-0.2, -0.15) is 0 Å². The van der Waals surface area contributed by atoms with E-state index >= 15 is 0 Å². The lowest BCUT2D eigenvalue weighted by Gasteiger charge is -2.11. The summed E-state index contributed by atoms with van der Waals surface area (Å²) in [7, 11) is 0. The number of amides is 2. The summed E-state index contributed by atoms with van der Waals surface area (Å²) in [6.45, 7) is 3.13. The molecule has 1 aliphatic rings. The van der Waals surface area contributed by atoms with Gasteiger partial charge in [0, 0.05) is 6.08 Å². The van der Waals surface area contributed by atoms with Crippen LogP contribution in [0.2, 0.25) is 0 Å². The van der Waals surface area contributed by atoms with Crippen LogP contribution in [-0.2, 0) is 14.4 Å². The maximum absolute atomic E-state index is 11.5. The molecule has 5 heteroatoms. The van der Waals surface area contributed by atoms with Crippen LogP contribution in [0.5, 0.6) is 0 Å². The van der Waals surface area contributed by atoms with E-state index in [1.165, 1.54) is 24.8 Å². The average Bonchev–Trinajstić information content (AvgIpc) is 2.33. The van der Waals surface area contributed by atoms with Gasteiger partial charge in [0.2, 0.25) is 0 Å². The van der Waals surface area contributed by atoms with Crippen LogP contribution < -0.4 is 0 Å². The summed E-state index contributed by atoms with van der Waals surface area (Å²) in [6, 6.07) is 0. The summed E-state index contributed by atoms with van der Waals surface area (Å²) in [5.41, 5.74) is 0. The Labute approximate surface area is 86.3 Å². The lowest BCUT2D eigenvalue weighted by atomic mass is 10.4. The average molecular weight is 213 g/mol. The molecule has 0 aromatic rings. The number of hydrogen-bond donors (Lipinski definition) is 0. The third-order valence-corrected chi connectivity index (χ3v) is 2.55. The van der Waals surface area contributed by atoms with Gasteiger partial charge in [0.1, 0.15) is 5.78 Å². The Kier molecular flexibility index (Phi) is 3.46. The van der Waals surface area contributed by atoms with Crippen molar-refractivity contribution in [2.75, 3.05) is 12.3 Å². The Hall–Kier alpha value is -1.10. The third-order valence-electron chi connectivity index (χ3n) is 1.66. The number of rotatable bonds is 4. The minimum absolute atomic E-state index is 0.123. The molecular weight excluding hydrogens is 202 g/mol. The van der Waals surface area contributed by atoms with Crippen LogP contribution in [0.15, 0.2) is 11.0 Å². The second-order valence-electron chi connectivity index (χ2n) is 2.87.